The second kappa shape index (κ2) is 3.28. The Morgan fingerprint density at radius 1 is 1.36 bits per heavy atom. The van der Waals surface area contributed by atoms with Crippen molar-refractivity contribution >= 4 is 5.69 Å². The highest BCUT2D eigenvalue weighted by Crippen LogP contribution is 2.19. The summed E-state index contributed by atoms with van der Waals surface area (Å²) in [4.78, 5) is 0. The van der Waals surface area contributed by atoms with Crippen LogP contribution in [0.2, 0.25) is 0 Å². The predicted molar refractivity (Wildman–Crippen MR) is 45.3 cm³/mol. The normalized spacial score (nSPS) is 10.1. The molecule has 1 aromatic rings. The van der Waals surface area contributed by atoms with Crippen molar-refractivity contribution in [2.24, 2.45) is 5.11 Å². The maximum absolute atomic E-state index is 6.81. The van der Waals surface area contributed by atoms with Crippen molar-refractivity contribution < 1.29 is 0 Å². The largest absolute Gasteiger partial charge is 0.204 e. The van der Waals surface area contributed by atoms with Crippen molar-refractivity contribution in [3.63, 3.8) is 0 Å². The lowest BCUT2D eigenvalue weighted by Crippen LogP contribution is -1.84. The first-order valence-electron chi connectivity index (χ1n) is 3.71. The second-order valence-electron chi connectivity index (χ2n) is 2.86. The predicted octanol–water partition coefficient (Wildman–Crippen LogP) is 3.47. The van der Waals surface area contributed by atoms with E-state index >= 15 is 0 Å². The fourth-order valence-electron chi connectivity index (χ4n) is 0.953. The van der Waals surface area contributed by atoms with Crippen LogP contribution < -0.4 is 0 Å². The summed E-state index contributed by atoms with van der Waals surface area (Å²) in [5.41, 5.74) is 8.77. The van der Waals surface area contributed by atoms with E-state index in [0.717, 1.165) is 5.69 Å². The Morgan fingerprint density at radius 3 is 2.64 bits per heavy atom. The highest BCUT2D eigenvalue weighted by molar-refractivity contribution is 5.40. The third-order valence-corrected chi connectivity index (χ3v) is 1.67. The molecule has 0 saturated heterocycles. The van der Waals surface area contributed by atoms with Gasteiger partial charge in [-0.3, -0.25) is 0 Å². The van der Waals surface area contributed by atoms with Crippen LogP contribution in [0.1, 0.15) is 25.3 Å². The van der Waals surface area contributed by atoms with Crippen LogP contribution in [0, 0.1) is 5.53 Å². The number of benzene rings is 1. The lowest BCUT2D eigenvalue weighted by molar-refractivity contribution is 0.866. The number of rotatable bonds is 2. The molecule has 0 aliphatic carbocycles. The average molecular weight is 148 g/mol. The molecule has 58 valence electrons. The Kier molecular flexibility index (Phi) is 2.36. The lowest BCUT2D eigenvalue weighted by Gasteiger charge is -2.03. The topological polar surface area (TPSA) is 36.2 Å². The summed E-state index contributed by atoms with van der Waals surface area (Å²) >= 11 is 0. The molecule has 0 fully saturated rings. The molecule has 11 heavy (non-hydrogen) atoms. The molecule has 2 nitrogen and oxygen atoms in total. The van der Waals surface area contributed by atoms with E-state index in [1.54, 1.807) is 0 Å². The average Bonchev–Trinajstić information content (AvgIpc) is 2.05. The van der Waals surface area contributed by atoms with E-state index in [0.29, 0.717) is 5.92 Å². The summed E-state index contributed by atoms with van der Waals surface area (Å²) in [6.45, 7) is 4.26. The van der Waals surface area contributed by atoms with Gasteiger partial charge in [0.2, 0.25) is 0 Å². The van der Waals surface area contributed by atoms with Crippen molar-refractivity contribution in [2.75, 3.05) is 0 Å². The highest BCUT2D eigenvalue weighted by Gasteiger charge is 1.98. The van der Waals surface area contributed by atoms with E-state index in [4.69, 9.17) is 5.53 Å². The summed E-state index contributed by atoms with van der Waals surface area (Å²) in [6.07, 6.45) is 0. The van der Waals surface area contributed by atoms with Crippen molar-refractivity contribution in [3.8, 4) is 0 Å². The zero-order valence-electron chi connectivity index (χ0n) is 6.83. The Labute approximate surface area is 66.8 Å². The Balaban J connectivity index is 3.00. The van der Waals surface area contributed by atoms with E-state index in [9.17, 15) is 0 Å². The molecule has 0 heterocycles. The van der Waals surface area contributed by atoms with Crippen molar-refractivity contribution in [2.45, 2.75) is 19.8 Å². The fourth-order valence-corrected chi connectivity index (χ4v) is 0.953. The van der Waals surface area contributed by atoms with Gasteiger partial charge in [0.15, 0.2) is 0 Å². The molecular formula is C9H12N2. The Hall–Kier alpha value is -1.18. The molecule has 0 aromatic heterocycles. The molecule has 0 spiro atoms. The minimum Gasteiger partial charge on any atom is -0.204 e. The minimum atomic E-state index is 0.511. The highest BCUT2D eigenvalue weighted by atomic mass is 15.0. The standard InChI is InChI=1S/C9H12N2/c1-7(2)8-4-3-5-9(6-8)11-10/h3-7,10H,1-2H3. The van der Waals surface area contributed by atoms with Crippen LogP contribution in [0.4, 0.5) is 5.69 Å². The summed E-state index contributed by atoms with van der Waals surface area (Å²) in [7, 11) is 0. The first-order chi connectivity index (χ1) is 5.24. The molecule has 1 N–H and O–H groups in total. The van der Waals surface area contributed by atoms with Crippen LogP contribution in [0.5, 0.6) is 0 Å². The summed E-state index contributed by atoms with van der Waals surface area (Å²) in [6, 6.07) is 7.76. The molecule has 1 rings (SSSR count). The van der Waals surface area contributed by atoms with Gasteiger partial charge in [-0.2, -0.15) is 5.11 Å². The van der Waals surface area contributed by atoms with E-state index in [-0.39, 0.29) is 0 Å². The Bertz CT molecular complexity index is 253. The van der Waals surface area contributed by atoms with E-state index in [1.807, 2.05) is 18.2 Å². The first kappa shape index (κ1) is 7.92. The third kappa shape index (κ3) is 1.87. The van der Waals surface area contributed by atoms with Gasteiger partial charge in [0.25, 0.3) is 0 Å². The zero-order chi connectivity index (χ0) is 8.27. The third-order valence-electron chi connectivity index (χ3n) is 1.67. The summed E-state index contributed by atoms with van der Waals surface area (Å²) < 4.78 is 0. The van der Waals surface area contributed by atoms with Gasteiger partial charge in [-0.15, -0.1) is 0 Å². The maximum Gasteiger partial charge on any atom is 0.0852 e. The minimum absolute atomic E-state index is 0.511. The Morgan fingerprint density at radius 2 is 2.09 bits per heavy atom. The van der Waals surface area contributed by atoms with Crippen molar-refractivity contribution in [3.05, 3.63) is 29.8 Å². The van der Waals surface area contributed by atoms with E-state index < -0.39 is 0 Å². The number of hydrogen-bond donors (Lipinski definition) is 1. The molecular weight excluding hydrogens is 136 g/mol. The van der Waals surface area contributed by atoms with Crippen LogP contribution in [0.15, 0.2) is 29.4 Å². The van der Waals surface area contributed by atoms with Gasteiger partial charge in [0, 0.05) is 0 Å². The van der Waals surface area contributed by atoms with Gasteiger partial charge in [-0.1, -0.05) is 26.0 Å². The van der Waals surface area contributed by atoms with Crippen LogP contribution in [-0.4, -0.2) is 0 Å². The van der Waals surface area contributed by atoms with Crippen LogP contribution >= 0.6 is 0 Å². The molecule has 0 amide bonds. The number of nitrogens with zero attached hydrogens (tertiary/aromatic N) is 1. The van der Waals surface area contributed by atoms with Gasteiger partial charge in [0.05, 0.1) is 5.69 Å². The zero-order valence-corrected chi connectivity index (χ0v) is 6.83. The first-order valence-corrected chi connectivity index (χ1v) is 3.71. The quantitative estimate of drug-likeness (QED) is 0.623. The number of nitrogens with one attached hydrogen (secondary N) is 1. The molecule has 0 atom stereocenters. The van der Waals surface area contributed by atoms with Gasteiger partial charge in [-0.05, 0) is 23.6 Å². The monoisotopic (exact) mass is 148 g/mol. The second-order valence-corrected chi connectivity index (χ2v) is 2.86. The van der Waals surface area contributed by atoms with Gasteiger partial charge in [0.1, 0.15) is 0 Å². The van der Waals surface area contributed by atoms with Gasteiger partial charge < -0.3 is 0 Å². The fraction of sp³-hybridized carbons (Fsp3) is 0.333. The van der Waals surface area contributed by atoms with E-state index in [2.05, 4.69) is 25.0 Å². The SMILES string of the molecule is CC(C)c1cccc(N=N)c1. The summed E-state index contributed by atoms with van der Waals surface area (Å²) in [5.74, 6) is 0.511. The van der Waals surface area contributed by atoms with Crippen molar-refractivity contribution in [1.29, 1.82) is 5.53 Å². The van der Waals surface area contributed by atoms with Gasteiger partial charge >= 0.3 is 0 Å². The smallest absolute Gasteiger partial charge is 0.0852 e. The van der Waals surface area contributed by atoms with Crippen LogP contribution in [-0.2, 0) is 0 Å². The number of hydrogen-bond acceptors (Lipinski definition) is 2. The van der Waals surface area contributed by atoms with Crippen LogP contribution in [0.25, 0.3) is 0 Å². The van der Waals surface area contributed by atoms with Crippen molar-refractivity contribution in [1.82, 2.24) is 0 Å². The van der Waals surface area contributed by atoms with Gasteiger partial charge in [-0.25, -0.2) is 5.53 Å². The lowest BCUT2D eigenvalue weighted by atomic mass is 10.0. The molecule has 0 radical (unpaired) electrons. The molecule has 0 aliphatic rings. The molecule has 0 aliphatic heterocycles. The van der Waals surface area contributed by atoms with E-state index in [1.165, 1.54) is 5.56 Å². The molecule has 0 bridgehead atoms. The molecule has 0 saturated carbocycles. The summed E-state index contributed by atoms with van der Waals surface area (Å²) in [5, 5.41) is 3.36. The molecule has 2 heteroatoms. The molecule has 1 aromatic carbocycles. The maximum atomic E-state index is 6.81. The van der Waals surface area contributed by atoms with Crippen LogP contribution in [0.3, 0.4) is 0 Å². The molecule has 0 unspecified atom stereocenters.